The summed E-state index contributed by atoms with van der Waals surface area (Å²) in [6.07, 6.45) is 8.68. The van der Waals surface area contributed by atoms with E-state index in [1.54, 1.807) is 6.20 Å². The predicted molar refractivity (Wildman–Crippen MR) is 104 cm³/mol. The van der Waals surface area contributed by atoms with Gasteiger partial charge in [-0.1, -0.05) is 18.2 Å². The highest BCUT2D eigenvalue weighted by Crippen LogP contribution is 2.60. The fourth-order valence-corrected chi connectivity index (χ4v) is 6.14. The standard InChI is InChI=1S/C22H25N3O2/c26-19(25-18-5-1-3-17-4-2-6-23-20(17)18)13-24-21(27)22-10-14-7-15(11-22)9-16(8-14)12-22/h1-6,14-16H,7-13H2,(H,24,27)(H,25,26). The molecule has 6 rings (SSSR count). The van der Waals surface area contributed by atoms with E-state index in [-0.39, 0.29) is 23.8 Å². The van der Waals surface area contributed by atoms with Crippen LogP contribution in [0.2, 0.25) is 0 Å². The minimum absolute atomic E-state index is 0.0177. The van der Waals surface area contributed by atoms with E-state index in [9.17, 15) is 9.59 Å². The average molecular weight is 363 g/mol. The van der Waals surface area contributed by atoms with Gasteiger partial charge in [-0.05, 0) is 68.4 Å². The first-order valence-electron chi connectivity index (χ1n) is 10.0. The van der Waals surface area contributed by atoms with E-state index in [4.69, 9.17) is 0 Å². The maximum atomic E-state index is 13.0. The molecule has 0 saturated heterocycles. The van der Waals surface area contributed by atoms with Crippen LogP contribution in [0.1, 0.15) is 38.5 Å². The topological polar surface area (TPSA) is 71.1 Å². The van der Waals surface area contributed by atoms with Gasteiger partial charge in [-0.3, -0.25) is 14.6 Å². The third kappa shape index (κ3) is 2.99. The van der Waals surface area contributed by atoms with Crippen molar-refractivity contribution in [2.75, 3.05) is 11.9 Å². The fourth-order valence-electron chi connectivity index (χ4n) is 6.14. The molecule has 27 heavy (non-hydrogen) atoms. The Labute approximate surface area is 158 Å². The van der Waals surface area contributed by atoms with E-state index in [1.807, 2.05) is 30.3 Å². The Bertz CT molecular complexity index is 867. The average Bonchev–Trinajstić information content (AvgIpc) is 2.65. The highest BCUT2D eigenvalue weighted by Gasteiger charge is 2.54. The van der Waals surface area contributed by atoms with Gasteiger partial charge in [0.15, 0.2) is 0 Å². The summed E-state index contributed by atoms with van der Waals surface area (Å²) < 4.78 is 0. The number of carbonyl (C=O) groups is 2. The van der Waals surface area contributed by atoms with Crippen LogP contribution in [0.3, 0.4) is 0 Å². The van der Waals surface area contributed by atoms with Gasteiger partial charge in [0.05, 0.1) is 17.7 Å². The Balaban J connectivity index is 1.24. The van der Waals surface area contributed by atoms with Crippen LogP contribution in [0.25, 0.3) is 10.9 Å². The highest BCUT2D eigenvalue weighted by atomic mass is 16.2. The highest BCUT2D eigenvalue weighted by molar-refractivity contribution is 6.02. The van der Waals surface area contributed by atoms with Crippen molar-refractivity contribution in [2.45, 2.75) is 38.5 Å². The second kappa shape index (κ2) is 6.32. The van der Waals surface area contributed by atoms with Crippen LogP contribution in [0, 0.1) is 23.2 Å². The SMILES string of the molecule is O=C(CNC(=O)C12CC3CC(CC(C3)C1)C2)Nc1cccc2cccnc12. The summed E-state index contributed by atoms with van der Waals surface area (Å²) in [5.41, 5.74) is 1.23. The van der Waals surface area contributed by atoms with Gasteiger partial charge in [-0.25, -0.2) is 0 Å². The third-order valence-electron chi connectivity index (χ3n) is 6.84. The molecule has 2 amide bonds. The summed E-state index contributed by atoms with van der Waals surface area (Å²) >= 11 is 0. The van der Waals surface area contributed by atoms with Gasteiger partial charge in [-0.2, -0.15) is 0 Å². The number of rotatable bonds is 4. The van der Waals surface area contributed by atoms with Crippen LogP contribution in [0.15, 0.2) is 36.5 Å². The molecule has 1 aromatic carbocycles. The van der Waals surface area contributed by atoms with Crippen LogP contribution in [-0.2, 0) is 9.59 Å². The molecule has 4 bridgehead atoms. The Hall–Kier alpha value is -2.43. The maximum Gasteiger partial charge on any atom is 0.243 e. The van der Waals surface area contributed by atoms with Crippen molar-refractivity contribution in [3.05, 3.63) is 36.5 Å². The molecule has 0 aliphatic heterocycles. The van der Waals surface area contributed by atoms with Gasteiger partial charge in [0.2, 0.25) is 11.8 Å². The minimum Gasteiger partial charge on any atom is -0.347 e. The van der Waals surface area contributed by atoms with Gasteiger partial charge in [0.25, 0.3) is 0 Å². The van der Waals surface area contributed by atoms with Crippen LogP contribution in [0.4, 0.5) is 5.69 Å². The van der Waals surface area contributed by atoms with Crippen LogP contribution in [0.5, 0.6) is 0 Å². The molecular formula is C22H25N3O2. The Kier molecular flexibility index (Phi) is 3.92. The van der Waals surface area contributed by atoms with Crippen LogP contribution < -0.4 is 10.6 Å². The van der Waals surface area contributed by atoms with E-state index in [2.05, 4.69) is 15.6 Å². The molecule has 0 unspecified atom stereocenters. The fraction of sp³-hybridized carbons (Fsp3) is 0.500. The van der Waals surface area contributed by atoms with Crippen molar-refractivity contribution in [1.29, 1.82) is 0 Å². The number of carbonyl (C=O) groups excluding carboxylic acids is 2. The van der Waals surface area contributed by atoms with Gasteiger partial charge in [0.1, 0.15) is 0 Å². The molecule has 5 nitrogen and oxygen atoms in total. The minimum atomic E-state index is -0.212. The molecule has 4 aliphatic rings. The van der Waals surface area contributed by atoms with Crippen LogP contribution >= 0.6 is 0 Å². The summed E-state index contributed by atoms with van der Waals surface area (Å²) in [6.45, 7) is 0.0177. The lowest BCUT2D eigenvalue weighted by molar-refractivity contribution is -0.146. The lowest BCUT2D eigenvalue weighted by Crippen LogP contribution is -2.54. The van der Waals surface area contributed by atoms with Gasteiger partial charge in [0, 0.05) is 17.0 Å². The number of hydrogen-bond donors (Lipinski definition) is 2. The van der Waals surface area contributed by atoms with E-state index in [0.717, 1.165) is 47.9 Å². The summed E-state index contributed by atoms with van der Waals surface area (Å²) in [7, 11) is 0. The van der Waals surface area contributed by atoms with Crippen molar-refractivity contribution in [1.82, 2.24) is 10.3 Å². The maximum absolute atomic E-state index is 13.0. The number of amides is 2. The number of fused-ring (bicyclic) bond motifs is 1. The summed E-state index contributed by atoms with van der Waals surface area (Å²) in [6, 6.07) is 9.54. The first kappa shape index (κ1) is 16.7. The molecule has 5 heteroatoms. The van der Waals surface area contributed by atoms with Crippen LogP contribution in [-0.4, -0.2) is 23.3 Å². The first-order chi connectivity index (χ1) is 13.1. The van der Waals surface area contributed by atoms with Gasteiger partial charge < -0.3 is 10.6 Å². The number of benzene rings is 1. The number of nitrogens with zero attached hydrogens (tertiary/aromatic N) is 1. The quantitative estimate of drug-likeness (QED) is 0.873. The molecule has 2 N–H and O–H groups in total. The zero-order chi connectivity index (χ0) is 18.4. The molecule has 4 aliphatic carbocycles. The third-order valence-corrected chi connectivity index (χ3v) is 6.84. The lowest BCUT2D eigenvalue weighted by Gasteiger charge is -2.55. The van der Waals surface area contributed by atoms with Crippen molar-refractivity contribution in [3.63, 3.8) is 0 Å². The summed E-state index contributed by atoms with van der Waals surface area (Å²) in [5, 5.41) is 6.81. The van der Waals surface area contributed by atoms with Gasteiger partial charge in [-0.15, -0.1) is 0 Å². The van der Waals surface area contributed by atoms with Crippen molar-refractivity contribution in [3.8, 4) is 0 Å². The smallest absolute Gasteiger partial charge is 0.243 e. The second-order valence-electron chi connectivity index (χ2n) is 8.81. The number of nitrogens with one attached hydrogen (secondary N) is 2. The zero-order valence-corrected chi connectivity index (χ0v) is 15.4. The monoisotopic (exact) mass is 363 g/mol. The second-order valence-corrected chi connectivity index (χ2v) is 8.81. The zero-order valence-electron chi connectivity index (χ0n) is 15.4. The molecule has 1 aromatic heterocycles. The molecule has 0 spiro atoms. The number of pyridine rings is 1. The predicted octanol–water partition coefficient (Wildman–Crippen LogP) is 3.51. The normalized spacial score (nSPS) is 31.0. The lowest BCUT2D eigenvalue weighted by atomic mass is 9.49. The van der Waals surface area contributed by atoms with Crippen molar-refractivity contribution < 1.29 is 9.59 Å². The van der Waals surface area contributed by atoms with E-state index in [1.165, 1.54) is 19.3 Å². The van der Waals surface area contributed by atoms with Crippen molar-refractivity contribution in [2.24, 2.45) is 23.2 Å². The molecule has 0 atom stereocenters. The largest absolute Gasteiger partial charge is 0.347 e. The van der Waals surface area contributed by atoms with Gasteiger partial charge >= 0.3 is 0 Å². The Morgan fingerprint density at radius 1 is 1.00 bits per heavy atom. The van der Waals surface area contributed by atoms with E-state index < -0.39 is 0 Å². The molecule has 0 radical (unpaired) electrons. The summed E-state index contributed by atoms with van der Waals surface area (Å²) in [4.78, 5) is 29.8. The Morgan fingerprint density at radius 2 is 1.67 bits per heavy atom. The molecule has 2 aromatic rings. The first-order valence-corrected chi connectivity index (χ1v) is 10.0. The van der Waals surface area contributed by atoms with E-state index >= 15 is 0 Å². The number of aromatic nitrogens is 1. The number of para-hydroxylation sites is 1. The molecule has 1 heterocycles. The Morgan fingerprint density at radius 3 is 2.37 bits per heavy atom. The van der Waals surface area contributed by atoms with E-state index in [0.29, 0.717) is 5.69 Å². The summed E-state index contributed by atoms with van der Waals surface area (Å²) in [5.74, 6) is 2.05. The number of hydrogen-bond acceptors (Lipinski definition) is 3. The number of anilines is 1. The molecular weight excluding hydrogens is 338 g/mol. The molecule has 140 valence electrons. The molecule has 4 fully saturated rings. The molecule has 4 saturated carbocycles. The van der Waals surface area contributed by atoms with Crippen molar-refractivity contribution >= 4 is 28.4 Å².